The molecule has 3 heteroatoms. The van der Waals surface area contributed by atoms with Crippen molar-refractivity contribution in [2.75, 3.05) is 4.90 Å². The van der Waals surface area contributed by atoms with Gasteiger partial charge < -0.3 is 13.7 Å². The Labute approximate surface area is 305 Å². The van der Waals surface area contributed by atoms with Gasteiger partial charge >= 0.3 is 0 Å². The van der Waals surface area contributed by atoms with Crippen LogP contribution in [0.15, 0.2) is 197 Å². The van der Waals surface area contributed by atoms with Gasteiger partial charge in [0, 0.05) is 32.8 Å². The molecule has 248 valence electrons. The van der Waals surface area contributed by atoms with Gasteiger partial charge in [-0.3, -0.25) is 0 Å². The summed E-state index contributed by atoms with van der Waals surface area (Å²) in [7, 11) is 0. The van der Waals surface area contributed by atoms with Crippen LogP contribution < -0.4 is 4.90 Å². The van der Waals surface area contributed by atoms with Gasteiger partial charge in [0.1, 0.15) is 11.2 Å². The molecule has 0 saturated heterocycles. The minimum absolute atomic E-state index is 0.820. The van der Waals surface area contributed by atoms with Gasteiger partial charge in [0.25, 0.3) is 0 Å². The molecular weight excluding hydrogens is 647 g/mol. The van der Waals surface area contributed by atoms with Crippen molar-refractivity contribution in [1.82, 2.24) is 0 Å². The molecule has 0 N–H and O–H groups in total. The van der Waals surface area contributed by atoms with Crippen molar-refractivity contribution in [2.45, 2.75) is 0 Å². The fraction of sp³-hybridized carbons (Fsp3) is 0. The lowest BCUT2D eigenvalue weighted by molar-refractivity contribution is 0.667. The molecule has 2 heterocycles. The molecule has 11 aromatic rings. The molecule has 0 radical (unpaired) electrons. The van der Waals surface area contributed by atoms with Crippen LogP contribution in [0.25, 0.3) is 87.7 Å². The predicted molar refractivity (Wildman–Crippen MR) is 222 cm³/mol. The van der Waals surface area contributed by atoms with Crippen molar-refractivity contribution < 1.29 is 8.83 Å². The van der Waals surface area contributed by atoms with E-state index in [1.807, 2.05) is 12.1 Å². The zero-order valence-electron chi connectivity index (χ0n) is 28.7. The first-order valence-corrected chi connectivity index (χ1v) is 18.0. The molecule has 9 aromatic carbocycles. The maximum Gasteiger partial charge on any atom is 0.159 e. The Hall–Kier alpha value is -7.10. The first kappa shape index (κ1) is 29.6. The molecule has 0 amide bonds. The van der Waals surface area contributed by atoms with E-state index in [-0.39, 0.29) is 0 Å². The number of nitrogens with zero attached hydrogens (tertiary/aromatic N) is 1. The smallest absolute Gasteiger partial charge is 0.159 e. The van der Waals surface area contributed by atoms with Gasteiger partial charge in [0.05, 0.1) is 11.4 Å². The Morgan fingerprint density at radius 1 is 0.321 bits per heavy atom. The highest BCUT2D eigenvalue weighted by Gasteiger charge is 2.25. The minimum Gasteiger partial charge on any atom is -0.454 e. The summed E-state index contributed by atoms with van der Waals surface area (Å²) in [6.07, 6.45) is 0. The molecule has 0 aliphatic rings. The average molecular weight is 678 g/mol. The normalized spacial score (nSPS) is 11.8. The summed E-state index contributed by atoms with van der Waals surface area (Å²) in [5.74, 6) is 0. The Bertz CT molecular complexity index is 3170. The monoisotopic (exact) mass is 677 g/mol. The Morgan fingerprint density at radius 2 is 0.906 bits per heavy atom. The molecule has 3 nitrogen and oxygen atoms in total. The maximum absolute atomic E-state index is 7.21. The highest BCUT2D eigenvalue weighted by atomic mass is 16.3. The number of hydrogen-bond acceptors (Lipinski definition) is 3. The summed E-state index contributed by atoms with van der Waals surface area (Å²) in [6, 6.07) is 66.6. The van der Waals surface area contributed by atoms with Gasteiger partial charge in [-0.05, 0) is 80.7 Å². The Kier molecular flexibility index (Phi) is 6.55. The molecular formula is C50H31NO2. The second-order valence-corrected chi connectivity index (χ2v) is 13.7. The maximum atomic E-state index is 7.21. The summed E-state index contributed by atoms with van der Waals surface area (Å²) in [5.41, 5.74) is 10.8. The van der Waals surface area contributed by atoms with E-state index in [1.165, 1.54) is 21.7 Å². The van der Waals surface area contributed by atoms with E-state index in [0.717, 1.165) is 83.0 Å². The number of furan rings is 2. The first-order chi connectivity index (χ1) is 26.3. The Balaban J connectivity index is 1.20. The van der Waals surface area contributed by atoms with Crippen LogP contribution in [-0.4, -0.2) is 0 Å². The molecule has 53 heavy (non-hydrogen) atoms. The van der Waals surface area contributed by atoms with Crippen LogP contribution in [0, 0.1) is 0 Å². The van der Waals surface area contributed by atoms with Gasteiger partial charge in [-0.1, -0.05) is 146 Å². The van der Waals surface area contributed by atoms with Gasteiger partial charge in [-0.2, -0.15) is 0 Å². The lowest BCUT2D eigenvalue weighted by atomic mass is 9.94. The summed E-state index contributed by atoms with van der Waals surface area (Å²) < 4.78 is 13.9. The lowest BCUT2D eigenvalue weighted by Crippen LogP contribution is -2.10. The van der Waals surface area contributed by atoms with Crippen LogP contribution >= 0.6 is 0 Å². The predicted octanol–water partition coefficient (Wildman–Crippen LogP) is 14.6. The fourth-order valence-electron chi connectivity index (χ4n) is 8.14. The number of para-hydroxylation sites is 3. The molecule has 0 bridgehead atoms. The van der Waals surface area contributed by atoms with Gasteiger partial charge in [0.2, 0.25) is 0 Å². The molecule has 0 aliphatic heterocycles. The largest absolute Gasteiger partial charge is 0.454 e. The summed E-state index contributed by atoms with van der Waals surface area (Å²) >= 11 is 0. The van der Waals surface area contributed by atoms with Gasteiger partial charge in [0.15, 0.2) is 11.2 Å². The third kappa shape index (κ3) is 4.68. The van der Waals surface area contributed by atoms with E-state index in [2.05, 4.69) is 181 Å². The number of rotatable bonds is 5. The van der Waals surface area contributed by atoms with Crippen LogP contribution in [-0.2, 0) is 0 Å². The van der Waals surface area contributed by atoms with Gasteiger partial charge in [-0.25, -0.2) is 0 Å². The number of anilines is 3. The van der Waals surface area contributed by atoms with Crippen molar-refractivity contribution in [2.24, 2.45) is 0 Å². The van der Waals surface area contributed by atoms with E-state index in [0.29, 0.717) is 0 Å². The third-order valence-electron chi connectivity index (χ3n) is 10.6. The zero-order valence-corrected chi connectivity index (χ0v) is 28.7. The number of hydrogen-bond donors (Lipinski definition) is 0. The fourth-order valence-corrected chi connectivity index (χ4v) is 8.14. The molecule has 0 saturated carbocycles. The Morgan fingerprint density at radius 3 is 1.70 bits per heavy atom. The molecule has 11 rings (SSSR count). The van der Waals surface area contributed by atoms with E-state index < -0.39 is 0 Å². The second kappa shape index (κ2) is 11.7. The quantitative estimate of drug-likeness (QED) is 0.182. The van der Waals surface area contributed by atoms with E-state index in [9.17, 15) is 0 Å². The van der Waals surface area contributed by atoms with E-state index in [4.69, 9.17) is 8.83 Å². The number of fused-ring (bicyclic) bond motifs is 8. The summed E-state index contributed by atoms with van der Waals surface area (Å²) in [4.78, 5) is 2.29. The molecule has 0 unspecified atom stereocenters. The SMILES string of the molecule is c1ccc(-c2ccc(N(c3cccc4c3oc3ccccc34)c3cccc4c3oc3c(-c5ccc6ccccc6c5)c5ccccc5cc34)cc2)cc1. The minimum atomic E-state index is 0.820. The first-order valence-electron chi connectivity index (χ1n) is 18.0. The van der Waals surface area contributed by atoms with Crippen molar-refractivity contribution in [3.05, 3.63) is 188 Å². The zero-order chi connectivity index (χ0) is 34.9. The van der Waals surface area contributed by atoms with Crippen LogP contribution in [0.2, 0.25) is 0 Å². The lowest BCUT2D eigenvalue weighted by Gasteiger charge is -2.25. The van der Waals surface area contributed by atoms with Crippen LogP contribution in [0.4, 0.5) is 17.1 Å². The molecule has 2 aromatic heterocycles. The highest BCUT2D eigenvalue weighted by Crippen LogP contribution is 2.48. The summed E-state index contributed by atoms with van der Waals surface area (Å²) in [6.45, 7) is 0. The summed E-state index contributed by atoms with van der Waals surface area (Å²) in [5, 5.41) is 9.08. The van der Waals surface area contributed by atoms with Crippen molar-refractivity contribution in [3.8, 4) is 22.3 Å². The third-order valence-corrected chi connectivity index (χ3v) is 10.6. The standard InChI is InChI=1S/C50H31NO2/c1-2-12-32(13-3-1)34-26-28-38(29-27-34)51(44-21-10-19-41-40-18-8-9-23-46(40)52-48(41)44)45-22-11-20-42-43-31-36-16-6-7-17-39(36)47(50(43)53-49(42)45)37-25-24-33-14-4-5-15-35(33)30-37/h1-31H. The van der Waals surface area contributed by atoms with E-state index in [1.54, 1.807) is 0 Å². The van der Waals surface area contributed by atoms with Crippen molar-refractivity contribution in [1.29, 1.82) is 0 Å². The molecule has 0 aliphatic carbocycles. The molecule has 0 atom stereocenters. The van der Waals surface area contributed by atoms with Crippen LogP contribution in [0.5, 0.6) is 0 Å². The topological polar surface area (TPSA) is 29.5 Å². The molecule has 0 spiro atoms. The van der Waals surface area contributed by atoms with Crippen LogP contribution in [0.1, 0.15) is 0 Å². The van der Waals surface area contributed by atoms with Crippen molar-refractivity contribution >= 4 is 82.5 Å². The van der Waals surface area contributed by atoms with E-state index >= 15 is 0 Å². The molecule has 0 fully saturated rings. The van der Waals surface area contributed by atoms with Gasteiger partial charge in [-0.15, -0.1) is 0 Å². The van der Waals surface area contributed by atoms with Crippen molar-refractivity contribution in [3.63, 3.8) is 0 Å². The van der Waals surface area contributed by atoms with Crippen LogP contribution in [0.3, 0.4) is 0 Å². The second-order valence-electron chi connectivity index (χ2n) is 13.7. The highest BCUT2D eigenvalue weighted by molar-refractivity contribution is 6.21. The number of benzene rings is 9. The average Bonchev–Trinajstić information content (AvgIpc) is 3.80.